The number of benzene rings is 2. The standard InChI is InChI=1S/C25H23F3N4O2/c1-25(2,33)15-9-7-14(8-10-15)18-11-12-20-30-22-17(26)13-29-21(23(22)32(20)31-18)16-5-3-4-6-19(16)34-24(27)28/h3-12,17,21,24,29,33H,13H2,1-2H3. The lowest BCUT2D eigenvalue weighted by Crippen LogP contribution is -2.33. The molecule has 0 amide bonds. The largest absolute Gasteiger partial charge is 0.434 e. The molecule has 176 valence electrons. The molecule has 3 heterocycles. The number of alkyl halides is 3. The molecule has 9 heteroatoms. The first-order valence-electron chi connectivity index (χ1n) is 10.9. The summed E-state index contributed by atoms with van der Waals surface area (Å²) in [5.41, 5.74) is 2.76. The fourth-order valence-electron chi connectivity index (χ4n) is 4.27. The van der Waals surface area contributed by atoms with Crippen LogP contribution in [0, 0.1) is 0 Å². The molecule has 34 heavy (non-hydrogen) atoms. The van der Waals surface area contributed by atoms with Crippen LogP contribution in [0.25, 0.3) is 16.9 Å². The lowest BCUT2D eigenvalue weighted by atomic mass is 9.96. The minimum absolute atomic E-state index is 0.00608. The van der Waals surface area contributed by atoms with Crippen LogP contribution in [-0.4, -0.2) is 32.9 Å². The summed E-state index contributed by atoms with van der Waals surface area (Å²) >= 11 is 0. The number of para-hydroxylation sites is 1. The van der Waals surface area contributed by atoms with Crippen molar-refractivity contribution in [2.75, 3.05) is 6.54 Å². The van der Waals surface area contributed by atoms with E-state index in [1.807, 2.05) is 24.3 Å². The van der Waals surface area contributed by atoms with E-state index < -0.39 is 24.4 Å². The lowest BCUT2D eigenvalue weighted by molar-refractivity contribution is -0.0506. The third kappa shape index (κ3) is 4.01. The second-order valence-electron chi connectivity index (χ2n) is 8.73. The zero-order chi connectivity index (χ0) is 24.0. The van der Waals surface area contributed by atoms with Crippen LogP contribution in [0.4, 0.5) is 13.2 Å². The SMILES string of the molecule is CC(C)(O)c1ccc(-c2ccc3nc4c(n3n2)C(c2ccccc2OC(F)F)NCC4F)cc1. The number of ether oxygens (including phenoxy) is 1. The van der Waals surface area contributed by atoms with E-state index in [0.717, 1.165) is 11.1 Å². The number of nitrogens with one attached hydrogen (secondary N) is 1. The van der Waals surface area contributed by atoms with Crippen molar-refractivity contribution < 1.29 is 23.0 Å². The smallest absolute Gasteiger partial charge is 0.387 e. The predicted octanol–water partition coefficient (Wildman–Crippen LogP) is 4.93. The van der Waals surface area contributed by atoms with Crippen molar-refractivity contribution >= 4 is 5.65 Å². The Bertz CT molecular complexity index is 1330. The van der Waals surface area contributed by atoms with Crippen LogP contribution < -0.4 is 10.1 Å². The van der Waals surface area contributed by atoms with Gasteiger partial charge in [0, 0.05) is 17.7 Å². The van der Waals surface area contributed by atoms with E-state index in [9.17, 15) is 18.3 Å². The summed E-state index contributed by atoms with van der Waals surface area (Å²) in [6.07, 6.45) is -1.37. The average Bonchev–Trinajstić information content (AvgIpc) is 3.19. The number of rotatable bonds is 5. The summed E-state index contributed by atoms with van der Waals surface area (Å²) in [6, 6.07) is 16.7. The Morgan fingerprint density at radius 2 is 1.82 bits per heavy atom. The van der Waals surface area contributed by atoms with Gasteiger partial charge in [0.2, 0.25) is 0 Å². The van der Waals surface area contributed by atoms with Gasteiger partial charge in [-0.1, -0.05) is 42.5 Å². The summed E-state index contributed by atoms with van der Waals surface area (Å²) in [5, 5.41) is 18.0. The molecule has 2 atom stereocenters. The van der Waals surface area contributed by atoms with Crippen LogP contribution in [0.15, 0.2) is 60.7 Å². The molecule has 0 bridgehead atoms. The molecule has 0 radical (unpaired) electrons. The second kappa shape index (κ2) is 8.41. The van der Waals surface area contributed by atoms with Gasteiger partial charge in [-0.05, 0) is 37.6 Å². The fraction of sp³-hybridized carbons (Fsp3) is 0.280. The van der Waals surface area contributed by atoms with Crippen molar-refractivity contribution in [2.45, 2.75) is 38.3 Å². The summed E-state index contributed by atoms with van der Waals surface area (Å²) < 4.78 is 47.2. The number of aromatic nitrogens is 3. The molecule has 0 aliphatic carbocycles. The number of nitrogens with zero attached hydrogens (tertiary/aromatic N) is 3. The van der Waals surface area contributed by atoms with E-state index in [2.05, 4.69) is 10.3 Å². The third-order valence-electron chi connectivity index (χ3n) is 5.95. The summed E-state index contributed by atoms with van der Waals surface area (Å²) in [7, 11) is 0. The van der Waals surface area contributed by atoms with E-state index in [-0.39, 0.29) is 18.0 Å². The molecule has 6 nitrogen and oxygen atoms in total. The highest BCUT2D eigenvalue weighted by Crippen LogP contribution is 2.38. The number of halogens is 3. The zero-order valence-electron chi connectivity index (χ0n) is 18.5. The summed E-state index contributed by atoms with van der Waals surface area (Å²) in [5.74, 6) is 0.00608. The van der Waals surface area contributed by atoms with Crippen LogP contribution in [0.3, 0.4) is 0 Å². The van der Waals surface area contributed by atoms with Crippen LogP contribution in [-0.2, 0) is 5.60 Å². The maximum atomic E-state index is 14.9. The molecule has 0 fully saturated rings. The van der Waals surface area contributed by atoms with Crippen LogP contribution in [0.2, 0.25) is 0 Å². The number of hydrogen-bond acceptors (Lipinski definition) is 5. The second-order valence-corrected chi connectivity index (χ2v) is 8.73. The molecular weight excluding hydrogens is 445 g/mol. The van der Waals surface area contributed by atoms with Gasteiger partial charge in [-0.25, -0.2) is 13.9 Å². The van der Waals surface area contributed by atoms with Gasteiger partial charge in [0.15, 0.2) is 11.8 Å². The van der Waals surface area contributed by atoms with Crippen molar-refractivity contribution in [3.8, 4) is 17.0 Å². The van der Waals surface area contributed by atoms with Gasteiger partial charge in [0.1, 0.15) is 11.4 Å². The molecule has 0 saturated heterocycles. The Morgan fingerprint density at radius 1 is 1.09 bits per heavy atom. The van der Waals surface area contributed by atoms with Gasteiger partial charge >= 0.3 is 6.61 Å². The van der Waals surface area contributed by atoms with Crippen molar-refractivity contribution in [3.05, 3.63) is 83.2 Å². The average molecular weight is 468 g/mol. The van der Waals surface area contributed by atoms with Crippen molar-refractivity contribution in [3.63, 3.8) is 0 Å². The zero-order valence-corrected chi connectivity index (χ0v) is 18.5. The van der Waals surface area contributed by atoms with E-state index in [1.54, 1.807) is 48.7 Å². The van der Waals surface area contributed by atoms with Crippen molar-refractivity contribution in [2.24, 2.45) is 0 Å². The van der Waals surface area contributed by atoms with Gasteiger partial charge in [-0.15, -0.1) is 0 Å². The lowest BCUT2D eigenvalue weighted by Gasteiger charge is -2.27. The van der Waals surface area contributed by atoms with E-state index in [1.165, 1.54) is 6.07 Å². The molecular formula is C25H23F3N4O2. The molecule has 5 rings (SSSR count). The highest BCUT2D eigenvalue weighted by molar-refractivity contribution is 5.62. The van der Waals surface area contributed by atoms with Gasteiger partial charge in [0.25, 0.3) is 0 Å². The van der Waals surface area contributed by atoms with Crippen molar-refractivity contribution in [1.82, 2.24) is 19.9 Å². The number of imidazole rings is 1. The number of fused-ring (bicyclic) bond motifs is 3. The Labute approximate surface area is 194 Å². The van der Waals surface area contributed by atoms with Gasteiger partial charge in [-0.2, -0.15) is 13.9 Å². The first-order chi connectivity index (χ1) is 16.2. The van der Waals surface area contributed by atoms with Crippen LogP contribution >= 0.6 is 0 Å². The highest BCUT2D eigenvalue weighted by Gasteiger charge is 2.35. The monoisotopic (exact) mass is 468 g/mol. The van der Waals surface area contributed by atoms with Gasteiger partial charge in [-0.3, -0.25) is 0 Å². The van der Waals surface area contributed by atoms with E-state index in [4.69, 9.17) is 9.84 Å². The predicted molar refractivity (Wildman–Crippen MR) is 120 cm³/mol. The molecule has 0 spiro atoms. The Balaban J connectivity index is 1.63. The first-order valence-corrected chi connectivity index (χ1v) is 10.9. The molecule has 2 aromatic carbocycles. The van der Waals surface area contributed by atoms with Crippen LogP contribution in [0.1, 0.15) is 48.6 Å². The quantitative estimate of drug-likeness (QED) is 0.435. The Kier molecular flexibility index (Phi) is 5.53. The topological polar surface area (TPSA) is 71.7 Å². The third-order valence-corrected chi connectivity index (χ3v) is 5.95. The van der Waals surface area contributed by atoms with Crippen molar-refractivity contribution in [1.29, 1.82) is 0 Å². The highest BCUT2D eigenvalue weighted by atomic mass is 19.3. The normalized spacial score (nSPS) is 18.3. The van der Waals surface area contributed by atoms with E-state index >= 15 is 0 Å². The summed E-state index contributed by atoms with van der Waals surface area (Å²) in [6.45, 7) is 0.410. The van der Waals surface area contributed by atoms with Gasteiger partial charge in [0.05, 0.1) is 23.0 Å². The summed E-state index contributed by atoms with van der Waals surface area (Å²) in [4.78, 5) is 4.45. The first kappa shape index (κ1) is 22.4. The maximum absolute atomic E-state index is 14.9. The van der Waals surface area contributed by atoms with Crippen LogP contribution in [0.5, 0.6) is 5.75 Å². The Morgan fingerprint density at radius 3 is 2.53 bits per heavy atom. The maximum Gasteiger partial charge on any atom is 0.387 e. The Hall–Kier alpha value is -3.43. The van der Waals surface area contributed by atoms with Gasteiger partial charge < -0.3 is 15.2 Å². The molecule has 2 N–H and O–H groups in total. The molecule has 0 saturated carbocycles. The minimum Gasteiger partial charge on any atom is -0.434 e. The van der Waals surface area contributed by atoms with E-state index in [0.29, 0.717) is 22.6 Å². The number of aliphatic hydroxyl groups is 1. The molecule has 1 aliphatic heterocycles. The molecule has 2 aromatic heterocycles. The molecule has 2 unspecified atom stereocenters. The minimum atomic E-state index is -2.99. The number of hydrogen-bond donors (Lipinski definition) is 2. The molecule has 1 aliphatic rings. The molecule has 4 aromatic rings. The fourth-order valence-corrected chi connectivity index (χ4v) is 4.27.